The quantitative estimate of drug-likeness (QED) is 0.348. The summed E-state index contributed by atoms with van der Waals surface area (Å²) in [4.78, 5) is 20.0. The fourth-order valence-electron chi connectivity index (χ4n) is 2.47. The summed E-state index contributed by atoms with van der Waals surface area (Å²) in [6.07, 6.45) is 1.80. The average molecular weight is 393 g/mol. The third-order valence-corrected chi connectivity index (χ3v) is 5.56. The Kier molecular flexibility index (Phi) is 8.64. The molecule has 2 rings (SSSR count). The molecule has 0 aliphatic heterocycles. The van der Waals surface area contributed by atoms with Gasteiger partial charge in [0.25, 0.3) is 5.91 Å². The molecule has 0 radical (unpaired) electrons. The maximum atomic E-state index is 11.9. The van der Waals surface area contributed by atoms with Gasteiger partial charge in [-0.2, -0.15) is 0 Å². The standard InChI is InChI=1S/C19H28N4OS2/c1-4-20-19(23-14(2)13-16-9-8-15(3)26-16)22-11-6-10-21-18(24)17-7-5-12-25-17/h5,7-9,12,14H,4,6,10-11,13H2,1-3H3,(H,21,24)(H2,20,22,23). The predicted molar refractivity (Wildman–Crippen MR) is 113 cm³/mol. The first-order valence-electron chi connectivity index (χ1n) is 9.00. The second kappa shape index (κ2) is 11.0. The zero-order valence-corrected chi connectivity index (χ0v) is 17.3. The molecule has 0 saturated carbocycles. The van der Waals surface area contributed by atoms with Gasteiger partial charge in [0.1, 0.15) is 0 Å². The van der Waals surface area contributed by atoms with Crippen molar-refractivity contribution in [3.8, 4) is 0 Å². The van der Waals surface area contributed by atoms with E-state index in [4.69, 9.17) is 0 Å². The molecule has 0 spiro atoms. The number of thiophene rings is 2. The second-order valence-electron chi connectivity index (χ2n) is 6.11. The number of hydrogen-bond acceptors (Lipinski definition) is 4. The highest BCUT2D eigenvalue weighted by Crippen LogP contribution is 2.16. The molecule has 0 aromatic carbocycles. The van der Waals surface area contributed by atoms with Gasteiger partial charge in [-0.3, -0.25) is 9.79 Å². The number of carbonyl (C=O) groups excluding carboxylic acids is 1. The molecule has 0 saturated heterocycles. The lowest BCUT2D eigenvalue weighted by molar-refractivity contribution is 0.0957. The Hall–Kier alpha value is -1.86. The molecular weight excluding hydrogens is 364 g/mol. The monoisotopic (exact) mass is 392 g/mol. The highest BCUT2D eigenvalue weighted by Gasteiger charge is 2.08. The lowest BCUT2D eigenvalue weighted by Gasteiger charge is -2.17. The van der Waals surface area contributed by atoms with E-state index in [1.165, 1.54) is 21.1 Å². The zero-order valence-electron chi connectivity index (χ0n) is 15.7. The van der Waals surface area contributed by atoms with Gasteiger partial charge in [-0.1, -0.05) is 6.07 Å². The summed E-state index contributed by atoms with van der Waals surface area (Å²) < 4.78 is 0. The lowest BCUT2D eigenvalue weighted by Crippen LogP contribution is -2.43. The third-order valence-electron chi connectivity index (χ3n) is 3.67. The van der Waals surface area contributed by atoms with Crippen molar-refractivity contribution in [1.29, 1.82) is 0 Å². The summed E-state index contributed by atoms with van der Waals surface area (Å²) in [5, 5.41) is 11.6. The molecule has 1 amide bonds. The number of aliphatic imine (C=N–C) groups is 1. The molecular formula is C19H28N4OS2. The van der Waals surface area contributed by atoms with Gasteiger partial charge in [0.05, 0.1) is 4.88 Å². The first-order valence-corrected chi connectivity index (χ1v) is 10.7. The maximum absolute atomic E-state index is 11.9. The van der Waals surface area contributed by atoms with Crippen molar-refractivity contribution in [3.63, 3.8) is 0 Å². The molecule has 2 aromatic rings. The Morgan fingerprint density at radius 2 is 2.12 bits per heavy atom. The summed E-state index contributed by atoms with van der Waals surface area (Å²) in [5.41, 5.74) is 0. The molecule has 2 heterocycles. The van der Waals surface area contributed by atoms with Gasteiger partial charge in [0, 0.05) is 41.9 Å². The Balaban J connectivity index is 1.72. The van der Waals surface area contributed by atoms with Crippen molar-refractivity contribution < 1.29 is 4.79 Å². The van der Waals surface area contributed by atoms with Gasteiger partial charge in [-0.25, -0.2) is 0 Å². The molecule has 0 aliphatic carbocycles. The van der Waals surface area contributed by atoms with Crippen LogP contribution in [0.25, 0.3) is 0 Å². The topological polar surface area (TPSA) is 65.5 Å². The Morgan fingerprint density at radius 1 is 1.27 bits per heavy atom. The molecule has 2 aromatic heterocycles. The fraction of sp³-hybridized carbons (Fsp3) is 0.474. The molecule has 142 valence electrons. The minimum absolute atomic E-state index is 0.00567. The van der Waals surface area contributed by atoms with Crippen LogP contribution in [0.15, 0.2) is 34.6 Å². The van der Waals surface area contributed by atoms with Gasteiger partial charge in [-0.15, -0.1) is 22.7 Å². The van der Waals surface area contributed by atoms with Crippen molar-refractivity contribution in [2.45, 2.75) is 39.7 Å². The van der Waals surface area contributed by atoms with E-state index in [1.54, 1.807) is 0 Å². The summed E-state index contributed by atoms with van der Waals surface area (Å²) in [5.74, 6) is 0.826. The first kappa shape index (κ1) is 20.5. The highest BCUT2D eigenvalue weighted by atomic mass is 32.1. The second-order valence-corrected chi connectivity index (χ2v) is 8.43. The van der Waals surface area contributed by atoms with Gasteiger partial charge >= 0.3 is 0 Å². The van der Waals surface area contributed by atoms with E-state index in [9.17, 15) is 4.79 Å². The highest BCUT2D eigenvalue weighted by molar-refractivity contribution is 7.12. The van der Waals surface area contributed by atoms with E-state index in [0.717, 1.165) is 30.2 Å². The number of guanidine groups is 1. The van der Waals surface area contributed by atoms with E-state index in [2.05, 4.69) is 53.8 Å². The van der Waals surface area contributed by atoms with E-state index >= 15 is 0 Å². The number of nitrogens with one attached hydrogen (secondary N) is 3. The predicted octanol–water partition coefficient (Wildman–Crippen LogP) is 3.42. The zero-order chi connectivity index (χ0) is 18.8. The Labute approximate surface area is 163 Å². The molecule has 5 nitrogen and oxygen atoms in total. The first-order chi connectivity index (χ1) is 12.6. The minimum Gasteiger partial charge on any atom is -0.357 e. The van der Waals surface area contributed by atoms with Crippen LogP contribution in [0.1, 0.15) is 39.7 Å². The van der Waals surface area contributed by atoms with Crippen molar-refractivity contribution >= 4 is 34.5 Å². The van der Waals surface area contributed by atoms with E-state index in [0.29, 0.717) is 19.1 Å². The lowest BCUT2D eigenvalue weighted by atomic mass is 10.2. The van der Waals surface area contributed by atoms with Crippen LogP contribution in [0.2, 0.25) is 0 Å². The maximum Gasteiger partial charge on any atom is 0.261 e. The Bertz CT molecular complexity index is 694. The number of amides is 1. The molecule has 0 fully saturated rings. The van der Waals surface area contributed by atoms with Crippen molar-refractivity contribution in [2.75, 3.05) is 19.6 Å². The summed E-state index contributed by atoms with van der Waals surface area (Å²) in [7, 11) is 0. The van der Waals surface area contributed by atoms with Crippen LogP contribution in [0, 0.1) is 6.92 Å². The molecule has 0 bridgehead atoms. The molecule has 1 unspecified atom stereocenters. The average Bonchev–Trinajstić information content (AvgIpc) is 3.26. The van der Waals surface area contributed by atoms with Crippen molar-refractivity contribution in [1.82, 2.24) is 16.0 Å². The molecule has 7 heteroatoms. The summed E-state index contributed by atoms with van der Waals surface area (Å²) >= 11 is 3.30. The van der Waals surface area contributed by atoms with E-state index in [-0.39, 0.29) is 5.91 Å². The minimum atomic E-state index is -0.00567. The summed E-state index contributed by atoms with van der Waals surface area (Å²) in [6.45, 7) is 8.49. The van der Waals surface area contributed by atoms with Gasteiger partial charge in [0.2, 0.25) is 0 Å². The van der Waals surface area contributed by atoms with Crippen LogP contribution in [-0.4, -0.2) is 37.5 Å². The van der Waals surface area contributed by atoms with Gasteiger partial charge in [-0.05, 0) is 50.8 Å². The van der Waals surface area contributed by atoms with Crippen molar-refractivity contribution in [2.24, 2.45) is 4.99 Å². The van der Waals surface area contributed by atoms with Crippen LogP contribution >= 0.6 is 22.7 Å². The van der Waals surface area contributed by atoms with E-state index in [1.807, 2.05) is 28.8 Å². The smallest absolute Gasteiger partial charge is 0.261 e. The molecule has 1 atom stereocenters. The number of rotatable bonds is 9. The Morgan fingerprint density at radius 3 is 2.77 bits per heavy atom. The molecule has 26 heavy (non-hydrogen) atoms. The van der Waals surface area contributed by atoms with Crippen molar-refractivity contribution in [3.05, 3.63) is 44.3 Å². The number of carbonyl (C=O) groups is 1. The van der Waals surface area contributed by atoms with Crippen LogP contribution in [0.5, 0.6) is 0 Å². The van der Waals surface area contributed by atoms with Crippen LogP contribution in [0.3, 0.4) is 0 Å². The largest absolute Gasteiger partial charge is 0.357 e. The number of nitrogens with zero attached hydrogens (tertiary/aromatic N) is 1. The third kappa shape index (κ3) is 7.17. The normalized spacial score (nSPS) is 12.7. The molecule has 0 aliphatic rings. The molecule has 3 N–H and O–H groups in total. The van der Waals surface area contributed by atoms with Crippen LogP contribution in [0.4, 0.5) is 0 Å². The SMILES string of the molecule is CCNC(=NCCCNC(=O)c1cccs1)NC(C)Cc1ccc(C)s1. The fourth-order valence-corrected chi connectivity index (χ4v) is 4.13. The van der Waals surface area contributed by atoms with Crippen LogP contribution in [-0.2, 0) is 6.42 Å². The van der Waals surface area contributed by atoms with E-state index < -0.39 is 0 Å². The summed E-state index contributed by atoms with van der Waals surface area (Å²) in [6, 6.07) is 8.39. The number of aryl methyl sites for hydroxylation is 1. The van der Waals surface area contributed by atoms with Gasteiger partial charge in [0.15, 0.2) is 5.96 Å². The number of hydrogen-bond donors (Lipinski definition) is 3. The van der Waals surface area contributed by atoms with Gasteiger partial charge < -0.3 is 16.0 Å². The van der Waals surface area contributed by atoms with Crippen LogP contribution < -0.4 is 16.0 Å².